The van der Waals surface area contributed by atoms with Gasteiger partial charge in [-0.15, -0.1) is 0 Å². The van der Waals surface area contributed by atoms with E-state index in [1.165, 1.54) is 4.90 Å². The highest BCUT2D eigenvalue weighted by Gasteiger charge is 2.15. The highest BCUT2D eigenvalue weighted by atomic mass is 16.5. The molecule has 108 valence electrons. The predicted molar refractivity (Wildman–Crippen MR) is 75.7 cm³/mol. The van der Waals surface area contributed by atoms with Crippen LogP contribution in [0.1, 0.15) is 17.3 Å². The minimum atomic E-state index is -0.422. The third-order valence-corrected chi connectivity index (χ3v) is 2.49. The summed E-state index contributed by atoms with van der Waals surface area (Å²) in [5, 5.41) is 0. The number of ether oxygens (including phenoxy) is 2. The highest BCUT2D eigenvalue weighted by Crippen LogP contribution is 2.13. The Hall–Kier alpha value is -2.30. The third-order valence-electron chi connectivity index (χ3n) is 2.49. The van der Waals surface area contributed by atoms with E-state index in [0.717, 1.165) is 0 Å². The first-order chi connectivity index (χ1) is 9.58. The van der Waals surface area contributed by atoms with Gasteiger partial charge in [0.05, 0.1) is 6.61 Å². The van der Waals surface area contributed by atoms with Gasteiger partial charge in [-0.1, -0.05) is 12.7 Å². The van der Waals surface area contributed by atoms with Crippen LogP contribution in [0.5, 0.6) is 5.75 Å². The fourth-order valence-corrected chi connectivity index (χ4v) is 1.54. The van der Waals surface area contributed by atoms with Gasteiger partial charge < -0.3 is 14.4 Å². The first kappa shape index (κ1) is 15.8. The fraction of sp³-hybridized carbons (Fsp3) is 0.333. The van der Waals surface area contributed by atoms with Crippen molar-refractivity contribution in [2.75, 3.05) is 26.8 Å². The number of amides is 1. The molecule has 0 saturated heterocycles. The summed E-state index contributed by atoms with van der Waals surface area (Å²) in [6.45, 7) is 5.93. The zero-order valence-electron chi connectivity index (χ0n) is 11.8. The molecule has 0 spiro atoms. The molecule has 5 heteroatoms. The molecule has 1 amide bonds. The van der Waals surface area contributed by atoms with Gasteiger partial charge in [0, 0.05) is 12.6 Å². The lowest BCUT2D eigenvalue weighted by Crippen LogP contribution is -2.33. The van der Waals surface area contributed by atoms with E-state index in [1.807, 2.05) is 0 Å². The van der Waals surface area contributed by atoms with E-state index in [4.69, 9.17) is 9.47 Å². The number of carbonyl (C=O) groups is 2. The number of likely N-dealkylation sites (N-methyl/N-ethyl adjacent to an activating group) is 1. The van der Waals surface area contributed by atoms with Gasteiger partial charge in [0.2, 0.25) is 0 Å². The molecule has 0 aliphatic heterocycles. The molecule has 0 fully saturated rings. The van der Waals surface area contributed by atoms with Crippen molar-refractivity contribution in [3.63, 3.8) is 0 Å². The van der Waals surface area contributed by atoms with E-state index in [9.17, 15) is 9.59 Å². The van der Waals surface area contributed by atoms with Crippen molar-refractivity contribution < 1.29 is 19.1 Å². The van der Waals surface area contributed by atoms with Gasteiger partial charge in [0.25, 0.3) is 5.91 Å². The third kappa shape index (κ3) is 4.76. The molecule has 0 aliphatic rings. The largest absolute Gasteiger partial charge is 0.490 e. The Labute approximate surface area is 118 Å². The average Bonchev–Trinajstić information content (AvgIpc) is 2.45. The molecule has 0 heterocycles. The number of nitrogens with zero attached hydrogens (tertiary/aromatic N) is 1. The fourth-order valence-electron chi connectivity index (χ4n) is 1.54. The molecule has 0 N–H and O–H groups in total. The summed E-state index contributed by atoms with van der Waals surface area (Å²) in [7, 11) is 1.56. The summed E-state index contributed by atoms with van der Waals surface area (Å²) in [6.07, 6.45) is 1.65. The van der Waals surface area contributed by atoms with Crippen molar-refractivity contribution in [2.45, 2.75) is 6.92 Å². The summed E-state index contributed by atoms with van der Waals surface area (Å²) < 4.78 is 10.1. The molecule has 20 heavy (non-hydrogen) atoms. The van der Waals surface area contributed by atoms with Gasteiger partial charge in [-0.25, -0.2) is 0 Å². The Bertz CT molecular complexity index is 467. The number of rotatable bonds is 7. The molecule has 0 radical (unpaired) electrons. The molecule has 1 rings (SSSR count). The van der Waals surface area contributed by atoms with Crippen LogP contribution in [0.3, 0.4) is 0 Å². The van der Waals surface area contributed by atoms with Crippen LogP contribution < -0.4 is 4.74 Å². The first-order valence-electron chi connectivity index (χ1n) is 6.33. The standard InChI is InChI=1S/C15H19NO4/c1-4-10-20-13-8-6-12(7-9-13)15(18)16(3)11-14(17)19-5-2/h4,6-9H,1,5,10-11H2,2-3H3. The Morgan fingerprint density at radius 3 is 2.50 bits per heavy atom. The number of hydrogen-bond acceptors (Lipinski definition) is 4. The summed E-state index contributed by atoms with van der Waals surface area (Å²) in [4.78, 5) is 24.7. The zero-order valence-corrected chi connectivity index (χ0v) is 11.8. The van der Waals surface area contributed by atoms with Gasteiger partial charge in [-0.3, -0.25) is 9.59 Å². The first-order valence-corrected chi connectivity index (χ1v) is 6.33. The molecule has 0 saturated carbocycles. The zero-order chi connectivity index (χ0) is 15.0. The minimum absolute atomic E-state index is 0.0681. The molecular weight excluding hydrogens is 258 g/mol. The van der Waals surface area contributed by atoms with Crippen LogP contribution in [0, 0.1) is 0 Å². The summed E-state index contributed by atoms with van der Waals surface area (Å²) in [6, 6.07) is 6.72. The van der Waals surface area contributed by atoms with Crippen LogP contribution in [0.2, 0.25) is 0 Å². The van der Waals surface area contributed by atoms with Crippen LogP contribution >= 0.6 is 0 Å². The number of hydrogen-bond donors (Lipinski definition) is 0. The molecule has 0 aromatic heterocycles. The second-order valence-electron chi connectivity index (χ2n) is 4.09. The van der Waals surface area contributed by atoms with Gasteiger partial charge in [0.15, 0.2) is 0 Å². The number of esters is 1. The van der Waals surface area contributed by atoms with Gasteiger partial charge in [-0.2, -0.15) is 0 Å². The molecule has 0 atom stereocenters. The Morgan fingerprint density at radius 2 is 1.95 bits per heavy atom. The summed E-state index contributed by atoms with van der Waals surface area (Å²) in [5.74, 6) is -0.00268. The maximum absolute atomic E-state index is 12.1. The smallest absolute Gasteiger partial charge is 0.325 e. The van der Waals surface area contributed by atoms with E-state index in [2.05, 4.69) is 6.58 Å². The van der Waals surface area contributed by atoms with Crippen molar-refractivity contribution in [3.05, 3.63) is 42.5 Å². The topological polar surface area (TPSA) is 55.8 Å². The van der Waals surface area contributed by atoms with E-state index in [1.54, 1.807) is 44.3 Å². The molecule has 1 aromatic rings. The van der Waals surface area contributed by atoms with Gasteiger partial charge in [-0.05, 0) is 31.2 Å². The van der Waals surface area contributed by atoms with Crippen molar-refractivity contribution in [2.24, 2.45) is 0 Å². The Balaban J connectivity index is 2.62. The number of carbonyl (C=O) groups excluding carboxylic acids is 2. The second-order valence-corrected chi connectivity index (χ2v) is 4.09. The van der Waals surface area contributed by atoms with Gasteiger partial charge >= 0.3 is 5.97 Å². The highest BCUT2D eigenvalue weighted by molar-refractivity contribution is 5.95. The van der Waals surface area contributed by atoms with E-state index in [0.29, 0.717) is 24.5 Å². The predicted octanol–water partition coefficient (Wildman–Crippen LogP) is 1.89. The van der Waals surface area contributed by atoms with Crippen molar-refractivity contribution in [1.82, 2.24) is 4.90 Å². The Morgan fingerprint density at radius 1 is 1.30 bits per heavy atom. The lowest BCUT2D eigenvalue weighted by atomic mass is 10.2. The minimum Gasteiger partial charge on any atom is -0.490 e. The lowest BCUT2D eigenvalue weighted by Gasteiger charge is -2.16. The second kappa shape index (κ2) is 7.99. The van der Waals surface area contributed by atoms with Crippen LogP contribution in [0.15, 0.2) is 36.9 Å². The lowest BCUT2D eigenvalue weighted by molar-refractivity contribution is -0.143. The summed E-state index contributed by atoms with van der Waals surface area (Å²) >= 11 is 0. The maximum Gasteiger partial charge on any atom is 0.325 e. The SMILES string of the molecule is C=CCOc1ccc(C(=O)N(C)CC(=O)OCC)cc1. The maximum atomic E-state index is 12.1. The molecule has 1 aromatic carbocycles. The molecule has 5 nitrogen and oxygen atoms in total. The van der Waals surface area contributed by atoms with E-state index < -0.39 is 5.97 Å². The van der Waals surface area contributed by atoms with Crippen LogP contribution in [0.4, 0.5) is 0 Å². The van der Waals surface area contributed by atoms with Crippen LogP contribution in [-0.4, -0.2) is 43.6 Å². The quantitative estimate of drug-likeness (QED) is 0.564. The molecule has 0 bridgehead atoms. The van der Waals surface area contributed by atoms with E-state index >= 15 is 0 Å². The van der Waals surface area contributed by atoms with Crippen LogP contribution in [-0.2, 0) is 9.53 Å². The average molecular weight is 277 g/mol. The monoisotopic (exact) mass is 277 g/mol. The molecular formula is C15H19NO4. The van der Waals surface area contributed by atoms with Gasteiger partial charge in [0.1, 0.15) is 18.9 Å². The van der Waals surface area contributed by atoms with Crippen molar-refractivity contribution in [1.29, 1.82) is 0 Å². The van der Waals surface area contributed by atoms with Crippen molar-refractivity contribution >= 4 is 11.9 Å². The van der Waals surface area contributed by atoms with Crippen molar-refractivity contribution in [3.8, 4) is 5.75 Å². The van der Waals surface area contributed by atoms with E-state index in [-0.39, 0.29) is 12.5 Å². The van der Waals surface area contributed by atoms with Crippen LogP contribution in [0.25, 0.3) is 0 Å². The molecule has 0 aliphatic carbocycles. The Kier molecular flexibility index (Phi) is 6.29. The number of benzene rings is 1. The molecule has 0 unspecified atom stereocenters. The normalized spacial score (nSPS) is 9.70. The summed E-state index contributed by atoms with van der Waals surface area (Å²) in [5.41, 5.74) is 0.489.